The Kier molecular flexibility index (Phi) is 5.51. The van der Waals surface area contributed by atoms with E-state index in [1.807, 2.05) is 35.9 Å². The number of para-hydroxylation sites is 2. The van der Waals surface area contributed by atoms with Crippen LogP contribution < -0.4 is 10.6 Å². The molecule has 2 fully saturated rings. The van der Waals surface area contributed by atoms with Crippen LogP contribution in [0.5, 0.6) is 0 Å². The summed E-state index contributed by atoms with van der Waals surface area (Å²) < 4.78 is 2.02. The van der Waals surface area contributed by atoms with Crippen molar-refractivity contribution in [1.29, 1.82) is 0 Å². The van der Waals surface area contributed by atoms with Crippen LogP contribution in [0.25, 0.3) is 11.0 Å². The van der Waals surface area contributed by atoms with Crippen LogP contribution in [-0.4, -0.2) is 50.9 Å². The molecule has 8 nitrogen and oxygen atoms in total. The number of aromatic nitrogens is 2. The largest absolute Gasteiger partial charge is 0.356 e. The first kappa shape index (κ1) is 19.4. The molecule has 1 aliphatic carbocycles. The van der Waals surface area contributed by atoms with Crippen LogP contribution in [0.4, 0.5) is 4.79 Å². The maximum atomic E-state index is 12.6. The van der Waals surface area contributed by atoms with Crippen molar-refractivity contribution < 1.29 is 14.4 Å². The van der Waals surface area contributed by atoms with Crippen molar-refractivity contribution in [1.82, 2.24) is 25.1 Å². The SMILES string of the molecule is Cn1c(CCNC(=O)C[C@@H]2NC(=O)N(C3CCCCC3)C2=O)nc2ccccc21. The maximum Gasteiger partial charge on any atom is 0.325 e. The molecule has 4 rings (SSSR count). The minimum atomic E-state index is -0.764. The minimum absolute atomic E-state index is 0.0261. The smallest absolute Gasteiger partial charge is 0.325 e. The topological polar surface area (TPSA) is 96.3 Å². The number of imide groups is 1. The molecular formula is C21H27N5O3. The average Bonchev–Trinajstić information content (AvgIpc) is 3.18. The van der Waals surface area contributed by atoms with Gasteiger partial charge >= 0.3 is 6.03 Å². The van der Waals surface area contributed by atoms with E-state index in [0.717, 1.165) is 49.0 Å². The summed E-state index contributed by atoms with van der Waals surface area (Å²) >= 11 is 0. The molecule has 1 aromatic heterocycles. The van der Waals surface area contributed by atoms with Crippen molar-refractivity contribution in [2.45, 2.75) is 57.0 Å². The average molecular weight is 397 g/mol. The van der Waals surface area contributed by atoms with E-state index >= 15 is 0 Å². The summed E-state index contributed by atoms with van der Waals surface area (Å²) in [7, 11) is 1.96. The number of nitrogens with one attached hydrogen (secondary N) is 2. The summed E-state index contributed by atoms with van der Waals surface area (Å²) in [5.41, 5.74) is 1.98. The minimum Gasteiger partial charge on any atom is -0.356 e. The van der Waals surface area contributed by atoms with Gasteiger partial charge in [-0.2, -0.15) is 0 Å². The number of carbonyl (C=O) groups excluding carboxylic acids is 3. The van der Waals surface area contributed by atoms with Gasteiger partial charge in [-0.1, -0.05) is 31.4 Å². The van der Waals surface area contributed by atoms with Gasteiger partial charge < -0.3 is 15.2 Å². The van der Waals surface area contributed by atoms with Crippen LogP contribution in [0.2, 0.25) is 0 Å². The van der Waals surface area contributed by atoms with Crippen molar-refractivity contribution in [3.05, 3.63) is 30.1 Å². The van der Waals surface area contributed by atoms with Gasteiger partial charge in [0, 0.05) is 26.1 Å². The first-order valence-corrected chi connectivity index (χ1v) is 10.3. The van der Waals surface area contributed by atoms with Crippen molar-refractivity contribution >= 4 is 28.9 Å². The molecule has 0 radical (unpaired) electrons. The van der Waals surface area contributed by atoms with Gasteiger partial charge in [0.25, 0.3) is 5.91 Å². The number of urea groups is 1. The van der Waals surface area contributed by atoms with Crippen LogP contribution in [0.3, 0.4) is 0 Å². The quantitative estimate of drug-likeness (QED) is 0.728. The number of hydrogen-bond donors (Lipinski definition) is 2. The van der Waals surface area contributed by atoms with Gasteiger partial charge in [-0.05, 0) is 25.0 Å². The van der Waals surface area contributed by atoms with Crippen molar-refractivity contribution in [2.24, 2.45) is 7.05 Å². The number of aryl methyl sites for hydroxylation is 1. The second-order valence-electron chi connectivity index (χ2n) is 7.88. The van der Waals surface area contributed by atoms with Gasteiger partial charge in [-0.25, -0.2) is 9.78 Å². The van der Waals surface area contributed by atoms with Gasteiger partial charge in [0.1, 0.15) is 11.9 Å². The molecule has 1 saturated heterocycles. The Morgan fingerprint density at radius 3 is 2.72 bits per heavy atom. The molecule has 1 aliphatic heterocycles. The second-order valence-corrected chi connectivity index (χ2v) is 7.88. The lowest BCUT2D eigenvalue weighted by molar-refractivity contribution is -0.132. The van der Waals surface area contributed by atoms with E-state index in [2.05, 4.69) is 15.6 Å². The number of benzene rings is 1. The van der Waals surface area contributed by atoms with Gasteiger partial charge in [-0.3, -0.25) is 14.5 Å². The van der Waals surface area contributed by atoms with E-state index in [9.17, 15) is 14.4 Å². The molecule has 4 amide bonds. The van der Waals surface area contributed by atoms with E-state index in [4.69, 9.17) is 0 Å². The fraction of sp³-hybridized carbons (Fsp3) is 0.524. The van der Waals surface area contributed by atoms with Crippen molar-refractivity contribution in [3.8, 4) is 0 Å². The molecule has 8 heteroatoms. The number of amides is 4. The Balaban J connectivity index is 1.29. The van der Waals surface area contributed by atoms with E-state index in [1.165, 1.54) is 4.90 Å². The predicted octanol–water partition coefficient (Wildman–Crippen LogP) is 1.88. The molecule has 1 saturated carbocycles. The Bertz CT molecular complexity index is 932. The summed E-state index contributed by atoms with van der Waals surface area (Å²) in [5.74, 6) is 0.375. The highest BCUT2D eigenvalue weighted by Gasteiger charge is 2.42. The molecule has 2 aromatic rings. The highest BCUT2D eigenvalue weighted by molar-refractivity contribution is 6.06. The van der Waals surface area contributed by atoms with Gasteiger partial charge in [0.2, 0.25) is 5.91 Å². The number of carbonyl (C=O) groups is 3. The lowest BCUT2D eigenvalue weighted by Gasteiger charge is -2.28. The van der Waals surface area contributed by atoms with Crippen LogP contribution in [0.1, 0.15) is 44.3 Å². The Hall–Kier alpha value is -2.90. The Morgan fingerprint density at radius 1 is 1.21 bits per heavy atom. The molecule has 0 unspecified atom stereocenters. The molecule has 2 N–H and O–H groups in total. The predicted molar refractivity (Wildman–Crippen MR) is 108 cm³/mol. The van der Waals surface area contributed by atoms with E-state index in [0.29, 0.717) is 13.0 Å². The van der Waals surface area contributed by atoms with Crippen LogP contribution in [-0.2, 0) is 23.1 Å². The third-order valence-corrected chi connectivity index (χ3v) is 5.93. The zero-order chi connectivity index (χ0) is 20.4. The molecule has 2 heterocycles. The highest BCUT2D eigenvalue weighted by Crippen LogP contribution is 2.25. The lowest BCUT2D eigenvalue weighted by atomic mass is 9.94. The van der Waals surface area contributed by atoms with Crippen LogP contribution in [0.15, 0.2) is 24.3 Å². The fourth-order valence-electron chi connectivity index (χ4n) is 4.36. The fourth-order valence-corrected chi connectivity index (χ4v) is 4.36. The summed E-state index contributed by atoms with van der Waals surface area (Å²) in [6.45, 7) is 0.428. The number of rotatable bonds is 6. The molecular weight excluding hydrogens is 370 g/mol. The van der Waals surface area contributed by atoms with Gasteiger partial charge in [-0.15, -0.1) is 0 Å². The van der Waals surface area contributed by atoms with E-state index in [1.54, 1.807) is 0 Å². The third-order valence-electron chi connectivity index (χ3n) is 5.93. The van der Waals surface area contributed by atoms with Gasteiger partial charge in [0.05, 0.1) is 17.5 Å². The highest BCUT2D eigenvalue weighted by atomic mass is 16.2. The number of hydrogen-bond acceptors (Lipinski definition) is 4. The number of fused-ring (bicyclic) bond motifs is 1. The first-order valence-electron chi connectivity index (χ1n) is 10.3. The summed E-state index contributed by atoms with van der Waals surface area (Å²) in [6.07, 6.45) is 5.50. The molecule has 154 valence electrons. The standard InChI is InChI=1S/C21H27N5O3/c1-25-17-10-6-5-9-15(17)23-18(25)11-12-22-19(27)13-16-20(28)26(21(29)24-16)14-7-3-2-4-8-14/h5-6,9-10,14,16H,2-4,7-8,11-13H2,1H3,(H,22,27)(H,24,29)/t16-/m0/s1. The number of imidazole rings is 1. The van der Waals surface area contributed by atoms with E-state index < -0.39 is 6.04 Å². The summed E-state index contributed by atoms with van der Waals surface area (Å²) in [6, 6.07) is 6.74. The summed E-state index contributed by atoms with van der Waals surface area (Å²) in [5, 5.41) is 5.52. The molecule has 1 atom stereocenters. The maximum absolute atomic E-state index is 12.6. The molecule has 2 aliphatic rings. The van der Waals surface area contributed by atoms with Gasteiger partial charge in [0.15, 0.2) is 0 Å². The Labute approximate surface area is 169 Å². The zero-order valence-electron chi connectivity index (χ0n) is 16.7. The zero-order valence-corrected chi connectivity index (χ0v) is 16.7. The van der Waals surface area contributed by atoms with Crippen molar-refractivity contribution in [3.63, 3.8) is 0 Å². The van der Waals surface area contributed by atoms with Crippen LogP contribution in [0, 0.1) is 0 Å². The lowest BCUT2D eigenvalue weighted by Crippen LogP contribution is -2.42. The Morgan fingerprint density at radius 2 is 1.97 bits per heavy atom. The summed E-state index contributed by atoms with van der Waals surface area (Å²) in [4.78, 5) is 43.1. The monoisotopic (exact) mass is 397 g/mol. The number of nitrogens with zero attached hydrogens (tertiary/aromatic N) is 3. The third kappa shape index (κ3) is 3.97. The molecule has 0 bridgehead atoms. The molecule has 0 spiro atoms. The molecule has 29 heavy (non-hydrogen) atoms. The van der Waals surface area contributed by atoms with Crippen molar-refractivity contribution in [2.75, 3.05) is 6.54 Å². The second kappa shape index (κ2) is 8.23. The first-order chi connectivity index (χ1) is 14.0. The van der Waals surface area contributed by atoms with E-state index in [-0.39, 0.29) is 30.3 Å². The van der Waals surface area contributed by atoms with Crippen LogP contribution >= 0.6 is 0 Å². The molecule has 1 aromatic carbocycles. The normalized spacial score (nSPS) is 20.3.